The largest absolute Gasteiger partial charge is 0.465 e. The Kier molecular flexibility index (Phi) is 3.43. The van der Waals surface area contributed by atoms with Crippen molar-refractivity contribution in [2.45, 2.75) is 0 Å². The lowest BCUT2D eigenvalue weighted by Crippen LogP contribution is -1.96. The van der Waals surface area contributed by atoms with Crippen LogP contribution in [-0.4, -0.2) is 13.1 Å². The number of ether oxygens (including phenoxy) is 1. The number of methoxy groups -OCH3 is 1. The molecule has 106 valence electrons. The molecule has 0 atom stereocenters. The highest BCUT2D eigenvalue weighted by molar-refractivity contribution is 7.20. The van der Waals surface area contributed by atoms with E-state index in [0.717, 1.165) is 22.9 Å². The maximum Gasteiger partial charge on any atom is 0.348 e. The fourth-order valence-electron chi connectivity index (χ4n) is 2.20. The number of hydrogen-bond donors (Lipinski definition) is 0. The Hall–Kier alpha value is -2.27. The van der Waals surface area contributed by atoms with Gasteiger partial charge in [0.2, 0.25) is 0 Å². The van der Waals surface area contributed by atoms with Crippen LogP contribution in [0.1, 0.15) is 9.67 Å². The zero-order chi connectivity index (χ0) is 15.0. The summed E-state index contributed by atoms with van der Waals surface area (Å²) in [6.45, 7) is 0. The molecule has 3 aromatic rings. The third kappa shape index (κ3) is 2.40. The van der Waals surface area contributed by atoms with Crippen molar-refractivity contribution in [1.82, 2.24) is 0 Å². The molecule has 5 heteroatoms. The number of fused-ring (bicyclic) bond motifs is 1. The van der Waals surface area contributed by atoms with Crippen LogP contribution in [0.2, 0.25) is 0 Å². The first-order valence-corrected chi connectivity index (χ1v) is 6.98. The van der Waals surface area contributed by atoms with Crippen LogP contribution in [0.3, 0.4) is 0 Å². The summed E-state index contributed by atoms with van der Waals surface area (Å²) in [5.41, 5.74) is 0.728. The standard InChI is InChI=1S/C16H10F2O2S/c1-20-16(19)15-8-12-10(3-2-4-14(12)21-15)11-7-9(17)5-6-13(11)18/h2-8H,1H3. The summed E-state index contributed by atoms with van der Waals surface area (Å²) in [4.78, 5) is 12.0. The summed E-state index contributed by atoms with van der Waals surface area (Å²) in [5.74, 6) is -1.46. The predicted octanol–water partition coefficient (Wildman–Crippen LogP) is 4.63. The molecule has 2 aromatic carbocycles. The van der Waals surface area contributed by atoms with Gasteiger partial charge in [-0.2, -0.15) is 0 Å². The number of esters is 1. The summed E-state index contributed by atoms with van der Waals surface area (Å²) < 4.78 is 32.9. The highest BCUT2D eigenvalue weighted by Gasteiger charge is 2.15. The Morgan fingerprint density at radius 2 is 1.90 bits per heavy atom. The number of hydrogen-bond acceptors (Lipinski definition) is 3. The third-order valence-corrected chi connectivity index (χ3v) is 4.25. The molecule has 0 unspecified atom stereocenters. The van der Waals surface area contributed by atoms with Crippen molar-refractivity contribution in [1.29, 1.82) is 0 Å². The van der Waals surface area contributed by atoms with E-state index >= 15 is 0 Å². The van der Waals surface area contributed by atoms with E-state index in [1.807, 2.05) is 6.07 Å². The van der Waals surface area contributed by atoms with Gasteiger partial charge in [-0.25, -0.2) is 13.6 Å². The molecule has 0 saturated heterocycles. The van der Waals surface area contributed by atoms with Crippen molar-refractivity contribution in [3.63, 3.8) is 0 Å². The van der Waals surface area contributed by atoms with E-state index in [0.29, 0.717) is 15.8 Å². The first kappa shape index (κ1) is 13.7. The second kappa shape index (κ2) is 5.26. The second-order valence-electron chi connectivity index (χ2n) is 4.44. The average molecular weight is 304 g/mol. The quantitative estimate of drug-likeness (QED) is 0.645. The minimum atomic E-state index is -0.508. The molecule has 0 bridgehead atoms. The molecule has 0 saturated carbocycles. The maximum atomic E-state index is 14.0. The van der Waals surface area contributed by atoms with Crippen LogP contribution < -0.4 is 0 Å². The van der Waals surface area contributed by atoms with Gasteiger partial charge in [-0.15, -0.1) is 11.3 Å². The normalized spacial score (nSPS) is 10.8. The molecule has 0 aliphatic rings. The van der Waals surface area contributed by atoms with Crippen LogP contribution in [0.4, 0.5) is 8.78 Å². The molecule has 2 nitrogen and oxygen atoms in total. The molecule has 0 spiro atoms. The van der Waals surface area contributed by atoms with Crippen molar-refractivity contribution < 1.29 is 18.3 Å². The number of carbonyl (C=O) groups excluding carboxylic acids is 1. The van der Waals surface area contributed by atoms with Crippen LogP contribution in [0, 0.1) is 11.6 Å². The summed E-state index contributed by atoms with van der Waals surface area (Å²) >= 11 is 1.26. The predicted molar refractivity (Wildman–Crippen MR) is 78.5 cm³/mol. The lowest BCUT2D eigenvalue weighted by molar-refractivity contribution is 0.0606. The van der Waals surface area contributed by atoms with Crippen molar-refractivity contribution >= 4 is 27.4 Å². The van der Waals surface area contributed by atoms with E-state index in [1.165, 1.54) is 18.4 Å². The highest BCUT2D eigenvalue weighted by Crippen LogP contribution is 2.35. The third-order valence-electron chi connectivity index (χ3n) is 3.17. The van der Waals surface area contributed by atoms with E-state index in [-0.39, 0.29) is 5.56 Å². The van der Waals surface area contributed by atoms with E-state index in [9.17, 15) is 13.6 Å². The lowest BCUT2D eigenvalue weighted by Gasteiger charge is -2.05. The summed E-state index contributed by atoms with van der Waals surface area (Å²) in [6.07, 6.45) is 0. The summed E-state index contributed by atoms with van der Waals surface area (Å²) in [6, 6.07) is 10.2. The Labute approximate surface area is 123 Å². The number of rotatable bonds is 2. The Bertz CT molecular complexity index is 839. The minimum absolute atomic E-state index is 0.176. The molecule has 0 fully saturated rings. The van der Waals surface area contributed by atoms with Crippen LogP contribution in [0.15, 0.2) is 42.5 Å². The number of thiophene rings is 1. The Morgan fingerprint density at radius 1 is 1.10 bits per heavy atom. The average Bonchev–Trinajstić information content (AvgIpc) is 2.93. The van der Waals surface area contributed by atoms with Gasteiger partial charge in [0.1, 0.15) is 16.5 Å². The molecule has 1 aromatic heterocycles. The summed E-state index contributed by atoms with van der Waals surface area (Å²) in [7, 11) is 1.31. The molecule has 0 aliphatic heterocycles. The second-order valence-corrected chi connectivity index (χ2v) is 5.53. The van der Waals surface area contributed by atoms with Crippen molar-refractivity contribution in [2.24, 2.45) is 0 Å². The zero-order valence-electron chi connectivity index (χ0n) is 11.0. The molecule has 0 amide bonds. The SMILES string of the molecule is COC(=O)c1cc2c(-c3cc(F)ccc3F)cccc2s1. The van der Waals surface area contributed by atoms with Gasteiger partial charge in [-0.3, -0.25) is 0 Å². The van der Waals surface area contributed by atoms with Crippen molar-refractivity contribution in [3.05, 3.63) is 59.0 Å². The topological polar surface area (TPSA) is 26.3 Å². The lowest BCUT2D eigenvalue weighted by atomic mass is 10.0. The first-order chi connectivity index (χ1) is 10.1. The zero-order valence-corrected chi connectivity index (χ0v) is 11.8. The Morgan fingerprint density at radius 3 is 2.67 bits per heavy atom. The van der Waals surface area contributed by atoms with Gasteiger partial charge in [0.25, 0.3) is 0 Å². The summed E-state index contributed by atoms with van der Waals surface area (Å²) in [5, 5.41) is 0.701. The van der Waals surface area contributed by atoms with Gasteiger partial charge < -0.3 is 4.74 Å². The van der Waals surface area contributed by atoms with E-state index < -0.39 is 17.6 Å². The van der Waals surface area contributed by atoms with E-state index in [2.05, 4.69) is 0 Å². The fourth-order valence-corrected chi connectivity index (χ4v) is 3.21. The molecule has 0 radical (unpaired) electrons. The molecule has 1 heterocycles. The monoisotopic (exact) mass is 304 g/mol. The fraction of sp³-hybridized carbons (Fsp3) is 0.0625. The number of halogens is 2. The van der Waals surface area contributed by atoms with Gasteiger partial charge in [-0.05, 0) is 35.9 Å². The molecular weight excluding hydrogens is 294 g/mol. The van der Waals surface area contributed by atoms with Gasteiger partial charge in [0, 0.05) is 15.6 Å². The number of benzene rings is 2. The van der Waals surface area contributed by atoms with Crippen molar-refractivity contribution in [3.8, 4) is 11.1 Å². The van der Waals surface area contributed by atoms with Crippen LogP contribution in [0.25, 0.3) is 21.2 Å². The van der Waals surface area contributed by atoms with Gasteiger partial charge in [0.05, 0.1) is 7.11 Å². The van der Waals surface area contributed by atoms with E-state index in [1.54, 1.807) is 18.2 Å². The van der Waals surface area contributed by atoms with Crippen LogP contribution >= 0.6 is 11.3 Å². The van der Waals surface area contributed by atoms with Gasteiger partial charge in [0.15, 0.2) is 0 Å². The molecule has 0 aliphatic carbocycles. The van der Waals surface area contributed by atoms with Crippen LogP contribution in [-0.2, 0) is 4.74 Å². The smallest absolute Gasteiger partial charge is 0.348 e. The van der Waals surface area contributed by atoms with E-state index in [4.69, 9.17) is 4.74 Å². The molecule has 21 heavy (non-hydrogen) atoms. The van der Waals surface area contributed by atoms with Crippen LogP contribution in [0.5, 0.6) is 0 Å². The minimum Gasteiger partial charge on any atom is -0.465 e. The highest BCUT2D eigenvalue weighted by atomic mass is 32.1. The molecule has 0 N–H and O–H groups in total. The Balaban J connectivity index is 2.25. The first-order valence-electron chi connectivity index (χ1n) is 6.16. The van der Waals surface area contributed by atoms with Gasteiger partial charge >= 0.3 is 5.97 Å². The van der Waals surface area contributed by atoms with Crippen molar-refractivity contribution in [2.75, 3.05) is 7.11 Å². The maximum absolute atomic E-state index is 14.0. The number of carbonyl (C=O) groups is 1. The molecular formula is C16H10F2O2S. The molecule has 3 rings (SSSR count). The van der Waals surface area contributed by atoms with Gasteiger partial charge in [-0.1, -0.05) is 12.1 Å².